The molecule has 0 saturated heterocycles. The van der Waals surface area contributed by atoms with E-state index in [1.807, 2.05) is 0 Å². The zero-order chi connectivity index (χ0) is 9.07. The van der Waals surface area contributed by atoms with Gasteiger partial charge < -0.3 is 15.9 Å². The molecule has 0 aliphatic rings. The summed E-state index contributed by atoms with van der Waals surface area (Å²) >= 11 is 0. The largest absolute Gasteiger partial charge is 0.481 e. The van der Waals surface area contributed by atoms with Crippen molar-refractivity contribution in [3.63, 3.8) is 0 Å². The minimum atomic E-state index is -2.21. The van der Waals surface area contributed by atoms with Crippen LogP contribution >= 0.6 is 0 Å². The first-order chi connectivity index (χ1) is 4.86. The molecule has 1 atom stereocenters. The predicted molar refractivity (Wildman–Crippen MR) is 35.2 cm³/mol. The zero-order valence-corrected chi connectivity index (χ0v) is 5.78. The normalized spacial score (nSPS) is 15.5. The first-order valence-electron chi connectivity index (χ1n) is 2.89. The van der Waals surface area contributed by atoms with E-state index in [-0.39, 0.29) is 6.42 Å². The topological polar surface area (TPSA) is 127 Å². The molecular formula is C5H10N2O4. The molecule has 11 heavy (non-hydrogen) atoms. The number of hydrogen-bond donors (Lipinski definition) is 4. The third-order valence-electron chi connectivity index (χ3n) is 1.15. The first-order valence-corrected chi connectivity index (χ1v) is 2.89. The Labute approximate surface area is 62.8 Å². The number of hydrogen-bond acceptors (Lipinski definition) is 4. The van der Waals surface area contributed by atoms with Crippen molar-refractivity contribution < 1.29 is 19.8 Å². The molecule has 0 aliphatic heterocycles. The Bertz CT molecular complexity index is 177. The smallest absolute Gasteiger partial charge is 0.303 e. The van der Waals surface area contributed by atoms with Gasteiger partial charge in [-0.05, 0) is 0 Å². The second-order valence-electron chi connectivity index (χ2n) is 2.18. The second kappa shape index (κ2) is 3.31. The van der Waals surface area contributed by atoms with Crippen LogP contribution in [0.1, 0.15) is 12.8 Å². The molecule has 0 spiro atoms. The van der Waals surface area contributed by atoms with Crippen molar-refractivity contribution in [3.8, 4) is 0 Å². The van der Waals surface area contributed by atoms with E-state index in [9.17, 15) is 9.59 Å². The highest BCUT2D eigenvalue weighted by Gasteiger charge is 2.28. The number of carboxylic acids is 1. The summed E-state index contributed by atoms with van der Waals surface area (Å²) < 4.78 is 0. The quantitative estimate of drug-likeness (QED) is 0.355. The van der Waals surface area contributed by atoms with Crippen molar-refractivity contribution >= 4 is 11.9 Å². The number of aliphatic carboxylic acids is 1. The number of primary amides is 1. The molecule has 0 aliphatic carbocycles. The molecular weight excluding hydrogens is 152 g/mol. The summed E-state index contributed by atoms with van der Waals surface area (Å²) in [5, 5.41) is 17.0. The molecule has 0 saturated carbocycles. The van der Waals surface area contributed by atoms with Crippen LogP contribution in [0.2, 0.25) is 0 Å². The number of carboxylic acid groups (broad SMARTS) is 1. The average molecular weight is 162 g/mol. The van der Waals surface area contributed by atoms with Crippen LogP contribution in [-0.2, 0) is 9.59 Å². The lowest BCUT2D eigenvalue weighted by atomic mass is 10.1. The molecule has 0 aromatic heterocycles. The lowest BCUT2D eigenvalue weighted by Gasteiger charge is -2.16. The Morgan fingerprint density at radius 1 is 1.45 bits per heavy atom. The van der Waals surface area contributed by atoms with E-state index in [1.54, 1.807) is 0 Å². The zero-order valence-electron chi connectivity index (χ0n) is 5.78. The van der Waals surface area contributed by atoms with Crippen molar-refractivity contribution in [1.29, 1.82) is 0 Å². The third-order valence-corrected chi connectivity index (χ3v) is 1.15. The summed E-state index contributed by atoms with van der Waals surface area (Å²) in [6, 6.07) is 0. The van der Waals surface area contributed by atoms with Gasteiger partial charge in [-0.3, -0.25) is 15.3 Å². The van der Waals surface area contributed by atoms with Crippen molar-refractivity contribution in [2.24, 2.45) is 11.5 Å². The maximum atomic E-state index is 10.3. The van der Waals surface area contributed by atoms with E-state index in [2.05, 4.69) is 5.73 Å². The standard InChI is InChI=1S/C5H10N2O4/c6-4(10)5(7,11)2-1-3(8)9/h11H,1-2,7H2,(H2,6,10)(H,8,9). The number of carbonyl (C=O) groups excluding carboxylic acids is 1. The lowest BCUT2D eigenvalue weighted by molar-refractivity contribution is -0.142. The van der Waals surface area contributed by atoms with Gasteiger partial charge in [0.1, 0.15) is 0 Å². The highest BCUT2D eigenvalue weighted by Crippen LogP contribution is 2.03. The van der Waals surface area contributed by atoms with Crippen LogP contribution < -0.4 is 11.5 Å². The van der Waals surface area contributed by atoms with Crippen LogP contribution in [0.5, 0.6) is 0 Å². The Hall–Kier alpha value is -1.14. The third kappa shape index (κ3) is 3.54. The van der Waals surface area contributed by atoms with Gasteiger partial charge in [0.05, 0.1) is 0 Å². The van der Waals surface area contributed by atoms with Crippen LogP contribution in [-0.4, -0.2) is 27.8 Å². The highest BCUT2D eigenvalue weighted by atomic mass is 16.4. The van der Waals surface area contributed by atoms with Crippen LogP contribution in [0.15, 0.2) is 0 Å². The van der Waals surface area contributed by atoms with E-state index < -0.39 is 24.0 Å². The Balaban J connectivity index is 3.92. The first kappa shape index (κ1) is 9.86. The number of aliphatic hydroxyl groups is 1. The van der Waals surface area contributed by atoms with Gasteiger partial charge in [-0.1, -0.05) is 0 Å². The molecule has 1 amide bonds. The van der Waals surface area contributed by atoms with E-state index in [0.717, 1.165) is 0 Å². The van der Waals surface area contributed by atoms with Gasteiger partial charge in [0.25, 0.3) is 5.91 Å². The number of amides is 1. The van der Waals surface area contributed by atoms with Gasteiger partial charge in [-0.25, -0.2) is 0 Å². The van der Waals surface area contributed by atoms with Crippen molar-refractivity contribution in [2.75, 3.05) is 0 Å². The SMILES string of the molecule is NC(=O)C(N)(O)CCC(=O)O. The number of nitrogens with two attached hydrogens (primary N) is 2. The molecule has 1 unspecified atom stereocenters. The van der Waals surface area contributed by atoms with Crippen molar-refractivity contribution in [2.45, 2.75) is 18.6 Å². The summed E-state index contributed by atoms with van der Waals surface area (Å²) in [6.45, 7) is 0. The maximum Gasteiger partial charge on any atom is 0.303 e. The average Bonchev–Trinajstić information content (AvgIpc) is 1.84. The molecule has 0 heterocycles. The molecule has 0 bridgehead atoms. The fraction of sp³-hybridized carbons (Fsp3) is 0.600. The Morgan fingerprint density at radius 3 is 2.18 bits per heavy atom. The molecule has 6 nitrogen and oxygen atoms in total. The monoisotopic (exact) mass is 162 g/mol. The molecule has 6 heteroatoms. The van der Waals surface area contributed by atoms with Gasteiger partial charge in [-0.2, -0.15) is 0 Å². The minimum absolute atomic E-state index is 0.377. The predicted octanol–water partition coefficient (Wildman–Crippen LogP) is -2.02. The summed E-state index contributed by atoms with van der Waals surface area (Å²) in [7, 11) is 0. The molecule has 0 fully saturated rings. The van der Waals surface area contributed by atoms with Gasteiger partial charge in [0.15, 0.2) is 5.72 Å². The van der Waals surface area contributed by atoms with Crippen LogP contribution in [0.3, 0.4) is 0 Å². The minimum Gasteiger partial charge on any atom is -0.481 e. The molecule has 0 rings (SSSR count). The number of rotatable bonds is 4. The van der Waals surface area contributed by atoms with E-state index in [0.29, 0.717) is 0 Å². The van der Waals surface area contributed by atoms with Gasteiger partial charge >= 0.3 is 5.97 Å². The highest BCUT2D eigenvalue weighted by molar-refractivity contribution is 5.82. The van der Waals surface area contributed by atoms with Crippen LogP contribution in [0.4, 0.5) is 0 Å². The summed E-state index contributed by atoms with van der Waals surface area (Å²) in [4.78, 5) is 20.2. The Morgan fingerprint density at radius 2 is 1.91 bits per heavy atom. The summed E-state index contributed by atoms with van der Waals surface area (Å²) in [5.41, 5.74) is 7.37. The molecule has 0 aromatic rings. The molecule has 64 valence electrons. The maximum absolute atomic E-state index is 10.3. The fourth-order valence-electron chi connectivity index (χ4n) is 0.421. The van der Waals surface area contributed by atoms with Gasteiger partial charge in [0.2, 0.25) is 0 Å². The van der Waals surface area contributed by atoms with Crippen LogP contribution in [0.25, 0.3) is 0 Å². The summed E-state index contributed by atoms with van der Waals surface area (Å²) in [5.74, 6) is -2.27. The van der Waals surface area contributed by atoms with E-state index in [1.165, 1.54) is 0 Å². The molecule has 0 aromatic carbocycles. The fourth-order valence-corrected chi connectivity index (χ4v) is 0.421. The van der Waals surface area contributed by atoms with Crippen molar-refractivity contribution in [1.82, 2.24) is 0 Å². The van der Waals surface area contributed by atoms with E-state index in [4.69, 9.17) is 15.9 Å². The number of carbonyl (C=O) groups is 2. The second-order valence-corrected chi connectivity index (χ2v) is 2.18. The van der Waals surface area contributed by atoms with Gasteiger partial charge in [-0.15, -0.1) is 0 Å². The van der Waals surface area contributed by atoms with Crippen molar-refractivity contribution in [3.05, 3.63) is 0 Å². The lowest BCUT2D eigenvalue weighted by Crippen LogP contribution is -2.52. The van der Waals surface area contributed by atoms with E-state index >= 15 is 0 Å². The Kier molecular flexibility index (Phi) is 2.97. The van der Waals surface area contributed by atoms with Crippen LogP contribution in [0, 0.1) is 0 Å². The molecule has 6 N–H and O–H groups in total. The molecule has 0 radical (unpaired) electrons. The van der Waals surface area contributed by atoms with Gasteiger partial charge in [0, 0.05) is 12.8 Å². The summed E-state index contributed by atoms with van der Waals surface area (Å²) in [6.07, 6.45) is -0.770.